The molecule has 18 heavy (non-hydrogen) atoms. The van der Waals surface area contributed by atoms with Gasteiger partial charge in [0.1, 0.15) is 5.82 Å². The van der Waals surface area contributed by atoms with E-state index in [9.17, 15) is 4.79 Å². The maximum atomic E-state index is 11.9. The van der Waals surface area contributed by atoms with Crippen LogP contribution in [0.5, 0.6) is 0 Å². The fourth-order valence-corrected chi connectivity index (χ4v) is 2.28. The predicted octanol–water partition coefficient (Wildman–Crippen LogP) is 3.61. The number of nitrogens with zero attached hydrogens (tertiary/aromatic N) is 1. The van der Waals surface area contributed by atoms with Gasteiger partial charge in [-0.25, -0.2) is 0 Å². The average molecular weight is 244 g/mol. The van der Waals surface area contributed by atoms with Crippen molar-refractivity contribution in [1.82, 2.24) is 4.98 Å². The van der Waals surface area contributed by atoms with Gasteiger partial charge in [-0.3, -0.25) is 4.79 Å². The lowest BCUT2D eigenvalue weighted by atomic mass is 10.1. The van der Waals surface area contributed by atoms with Gasteiger partial charge in [0, 0.05) is 24.5 Å². The number of para-hydroxylation sites is 1. The first-order chi connectivity index (χ1) is 8.65. The van der Waals surface area contributed by atoms with Crippen LogP contribution in [-0.2, 0) is 0 Å². The summed E-state index contributed by atoms with van der Waals surface area (Å²) in [7, 11) is 2.03. The number of rotatable bonds is 5. The minimum atomic E-state index is 0.116. The number of H-pyrrole nitrogens is 1. The van der Waals surface area contributed by atoms with Gasteiger partial charge in [-0.15, -0.1) is 0 Å². The molecule has 0 spiro atoms. The molecule has 3 nitrogen and oxygen atoms in total. The molecule has 0 aliphatic rings. The van der Waals surface area contributed by atoms with Crippen LogP contribution in [0.3, 0.4) is 0 Å². The highest BCUT2D eigenvalue weighted by molar-refractivity contribution is 6.11. The molecule has 0 atom stereocenters. The topological polar surface area (TPSA) is 36.1 Å². The Labute approximate surface area is 108 Å². The van der Waals surface area contributed by atoms with Gasteiger partial charge in [-0.05, 0) is 19.4 Å². The molecule has 0 saturated heterocycles. The smallest absolute Gasteiger partial charge is 0.164 e. The highest BCUT2D eigenvalue weighted by atomic mass is 16.1. The van der Waals surface area contributed by atoms with Crippen LogP contribution >= 0.6 is 0 Å². The number of unbranched alkanes of at least 4 members (excludes halogenated alkanes) is 1. The minimum absolute atomic E-state index is 0.116. The van der Waals surface area contributed by atoms with Gasteiger partial charge in [0.15, 0.2) is 5.78 Å². The lowest BCUT2D eigenvalue weighted by molar-refractivity contribution is 0.102. The van der Waals surface area contributed by atoms with Crippen LogP contribution < -0.4 is 4.90 Å². The molecule has 0 aliphatic heterocycles. The van der Waals surface area contributed by atoms with Gasteiger partial charge in [0.2, 0.25) is 0 Å². The van der Waals surface area contributed by atoms with Crippen molar-refractivity contribution in [2.75, 3.05) is 18.5 Å². The average Bonchev–Trinajstić information content (AvgIpc) is 2.75. The molecular formula is C15H20N2O. The minimum Gasteiger partial charge on any atom is -0.361 e. The van der Waals surface area contributed by atoms with Gasteiger partial charge < -0.3 is 9.88 Å². The van der Waals surface area contributed by atoms with E-state index in [-0.39, 0.29) is 5.78 Å². The van der Waals surface area contributed by atoms with Gasteiger partial charge >= 0.3 is 0 Å². The lowest BCUT2D eigenvalue weighted by Gasteiger charge is -2.18. The first-order valence-corrected chi connectivity index (χ1v) is 6.48. The number of carbonyl (C=O) groups is 1. The number of hydrogen-bond acceptors (Lipinski definition) is 2. The number of hydrogen-bond donors (Lipinski definition) is 1. The fourth-order valence-electron chi connectivity index (χ4n) is 2.28. The normalized spacial score (nSPS) is 10.8. The van der Waals surface area contributed by atoms with Crippen molar-refractivity contribution in [2.45, 2.75) is 26.7 Å². The first-order valence-electron chi connectivity index (χ1n) is 6.48. The second-order valence-electron chi connectivity index (χ2n) is 4.73. The Morgan fingerprint density at radius 2 is 2.06 bits per heavy atom. The summed E-state index contributed by atoms with van der Waals surface area (Å²) in [6, 6.07) is 7.97. The molecule has 1 aromatic carbocycles. The monoisotopic (exact) mass is 244 g/mol. The van der Waals surface area contributed by atoms with E-state index in [1.807, 2.05) is 31.3 Å². The number of aromatic nitrogens is 1. The highest BCUT2D eigenvalue weighted by Gasteiger charge is 2.17. The van der Waals surface area contributed by atoms with Crippen molar-refractivity contribution < 1.29 is 4.79 Å². The lowest BCUT2D eigenvalue weighted by Crippen LogP contribution is -2.20. The maximum Gasteiger partial charge on any atom is 0.164 e. The molecular weight excluding hydrogens is 224 g/mol. The Morgan fingerprint density at radius 1 is 1.33 bits per heavy atom. The number of carbonyl (C=O) groups excluding carboxylic acids is 1. The molecule has 1 N–H and O–H groups in total. The molecule has 0 amide bonds. The number of nitrogens with one attached hydrogen (secondary N) is 1. The first kappa shape index (κ1) is 12.7. The summed E-state index contributed by atoms with van der Waals surface area (Å²) in [4.78, 5) is 17.4. The SMILES string of the molecule is CCCCN(C)c1[nH]c2ccccc2c1C(C)=O. The Balaban J connectivity index is 2.48. The Hall–Kier alpha value is -1.77. The molecule has 0 radical (unpaired) electrons. The van der Waals surface area contributed by atoms with Crippen molar-refractivity contribution in [2.24, 2.45) is 0 Å². The van der Waals surface area contributed by atoms with Gasteiger partial charge in [-0.1, -0.05) is 31.5 Å². The van der Waals surface area contributed by atoms with Crippen LogP contribution in [0.1, 0.15) is 37.0 Å². The Morgan fingerprint density at radius 3 is 2.72 bits per heavy atom. The van der Waals surface area contributed by atoms with E-state index in [1.165, 1.54) is 0 Å². The number of aromatic amines is 1. The molecule has 0 bridgehead atoms. The molecule has 0 unspecified atom stereocenters. The van der Waals surface area contributed by atoms with Crippen molar-refractivity contribution in [3.63, 3.8) is 0 Å². The molecule has 3 heteroatoms. The largest absolute Gasteiger partial charge is 0.361 e. The van der Waals surface area contributed by atoms with E-state index in [4.69, 9.17) is 0 Å². The van der Waals surface area contributed by atoms with Crippen molar-refractivity contribution in [3.8, 4) is 0 Å². The van der Waals surface area contributed by atoms with Gasteiger partial charge in [-0.2, -0.15) is 0 Å². The molecule has 1 aromatic heterocycles. The standard InChI is InChI=1S/C15H20N2O/c1-4-5-10-17(3)15-14(11(2)18)12-8-6-7-9-13(12)16-15/h6-9,16H,4-5,10H2,1-3H3. The summed E-state index contributed by atoms with van der Waals surface area (Å²) in [5.41, 5.74) is 1.84. The Kier molecular flexibility index (Phi) is 3.70. The molecule has 0 fully saturated rings. The van der Waals surface area contributed by atoms with E-state index in [0.717, 1.165) is 41.7 Å². The van der Waals surface area contributed by atoms with E-state index in [0.29, 0.717) is 0 Å². The molecule has 2 rings (SSSR count). The molecule has 0 aliphatic carbocycles. The van der Waals surface area contributed by atoms with Crippen molar-refractivity contribution >= 4 is 22.5 Å². The van der Waals surface area contributed by atoms with Crippen LogP contribution in [0.25, 0.3) is 10.9 Å². The second kappa shape index (κ2) is 5.25. The van der Waals surface area contributed by atoms with E-state index in [2.05, 4.69) is 16.8 Å². The van der Waals surface area contributed by atoms with Crippen LogP contribution in [0.2, 0.25) is 0 Å². The number of ketones is 1. The van der Waals surface area contributed by atoms with E-state index < -0.39 is 0 Å². The van der Waals surface area contributed by atoms with Gasteiger partial charge in [0.25, 0.3) is 0 Å². The molecule has 2 aromatic rings. The molecule has 96 valence electrons. The van der Waals surface area contributed by atoms with Gasteiger partial charge in [0.05, 0.1) is 5.56 Å². The third-order valence-corrected chi connectivity index (χ3v) is 3.27. The summed E-state index contributed by atoms with van der Waals surface area (Å²) in [5.74, 6) is 1.06. The van der Waals surface area contributed by atoms with E-state index in [1.54, 1.807) is 6.92 Å². The fraction of sp³-hybridized carbons (Fsp3) is 0.400. The van der Waals surface area contributed by atoms with Crippen molar-refractivity contribution in [1.29, 1.82) is 0 Å². The van der Waals surface area contributed by atoms with Crippen LogP contribution in [0.4, 0.5) is 5.82 Å². The van der Waals surface area contributed by atoms with Crippen LogP contribution in [-0.4, -0.2) is 24.4 Å². The third-order valence-electron chi connectivity index (χ3n) is 3.27. The number of anilines is 1. The molecule has 1 heterocycles. The summed E-state index contributed by atoms with van der Waals surface area (Å²) in [6.45, 7) is 4.77. The van der Waals surface area contributed by atoms with E-state index >= 15 is 0 Å². The number of benzene rings is 1. The summed E-state index contributed by atoms with van der Waals surface area (Å²) >= 11 is 0. The molecule has 0 saturated carbocycles. The zero-order valence-corrected chi connectivity index (χ0v) is 11.3. The zero-order valence-electron chi connectivity index (χ0n) is 11.3. The number of fused-ring (bicyclic) bond motifs is 1. The maximum absolute atomic E-state index is 11.9. The van der Waals surface area contributed by atoms with Crippen LogP contribution in [0.15, 0.2) is 24.3 Å². The highest BCUT2D eigenvalue weighted by Crippen LogP contribution is 2.28. The van der Waals surface area contributed by atoms with Crippen molar-refractivity contribution in [3.05, 3.63) is 29.8 Å². The zero-order chi connectivity index (χ0) is 13.1. The summed E-state index contributed by atoms with van der Waals surface area (Å²) in [5, 5.41) is 1.02. The predicted molar refractivity (Wildman–Crippen MR) is 76.5 cm³/mol. The summed E-state index contributed by atoms with van der Waals surface area (Å²) < 4.78 is 0. The Bertz CT molecular complexity index is 557. The summed E-state index contributed by atoms with van der Waals surface area (Å²) in [6.07, 6.45) is 2.28. The third kappa shape index (κ3) is 2.26. The quantitative estimate of drug-likeness (QED) is 0.816. The number of Topliss-reactive ketones (excluding diaryl/α,β-unsaturated/α-hetero) is 1. The second-order valence-corrected chi connectivity index (χ2v) is 4.73. The van der Waals surface area contributed by atoms with Crippen LogP contribution in [0, 0.1) is 0 Å².